The first kappa shape index (κ1) is 47.8. The van der Waals surface area contributed by atoms with Gasteiger partial charge in [0.25, 0.3) is 0 Å². The second kappa shape index (κ2) is 21.4. The van der Waals surface area contributed by atoms with E-state index in [1.165, 1.54) is 119 Å². The fourth-order valence-electron chi connectivity index (χ4n) is 8.66. The Labute approximate surface area is 368 Å². The third kappa shape index (κ3) is 11.8. The maximum Gasteiger partial charge on any atom is 2.00 e. The zero-order chi connectivity index (χ0) is 37.6. The summed E-state index contributed by atoms with van der Waals surface area (Å²) >= 11 is 0. The van der Waals surface area contributed by atoms with Crippen molar-refractivity contribution in [3.63, 3.8) is 0 Å². The smallest absolute Gasteiger partial charge is 1.00 e. The van der Waals surface area contributed by atoms with Crippen LogP contribution < -0.4 is 24.8 Å². The van der Waals surface area contributed by atoms with E-state index in [2.05, 4.69) is 165 Å². The van der Waals surface area contributed by atoms with Crippen molar-refractivity contribution in [2.75, 3.05) is 0 Å². The van der Waals surface area contributed by atoms with Crippen molar-refractivity contribution in [2.45, 2.75) is 135 Å². The zero-order valence-corrected chi connectivity index (χ0v) is 38.1. The molecule has 0 saturated heterocycles. The van der Waals surface area contributed by atoms with Crippen molar-refractivity contribution >= 4 is 21.5 Å². The summed E-state index contributed by atoms with van der Waals surface area (Å²) in [4.78, 5) is 0. The second-order valence-corrected chi connectivity index (χ2v) is 17.9. The Bertz CT molecular complexity index is 1880. The van der Waals surface area contributed by atoms with Gasteiger partial charge in [-0.15, -0.1) is 69.1 Å². The van der Waals surface area contributed by atoms with Gasteiger partial charge in [-0.3, -0.25) is 0 Å². The Morgan fingerprint density at radius 1 is 0.500 bits per heavy atom. The van der Waals surface area contributed by atoms with E-state index in [9.17, 15) is 0 Å². The summed E-state index contributed by atoms with van der Waals surface area (Å²) in [5.74, 6) is 1.55. The average Bonchev–Trinajstić information content (AvgIpc) is 3.81. The number of hydrogen-bond acceptors (Lipinski definition) is 0. The van der Waals surface area contributed by atoms with E-state index in [1.807, 2.05) is 0 Å². The molecule has 2 fully saturated rings. The molecule has 0 aliphatic heterocycles. The summed E-state index contributed by atoms with van der Waals surface area (Å²) in [6, 6.07) is 41.7. The Hall–Kier alpha value is -2.61. The van der Waals surface area contributed by atoms with Crippen molar-refractivity contribution in [1.82, 2.24) is 0 Å². The summed E-state index contributed by atoms with van der Waals surface area (Å²) in [6.07, 6.45) is 14.6. The van der Waals surface area contributed by atoms with Gasteiger partial charge in [-0.05, 0) is 70.6 Å². The van der Waals surface area contributed by atoms with Gasteiger partial charge in [0.05, 0.1) is 0 Å². The SMILES string of the molecule is CC(C)(C)c1ccc(-c2cccc3[cH-]c(C4CCCCC4)cc23)cc1.CC(C)(C)c1ccc(-c2cccc3[cH-]c(C4CCCCC4)cc23)cc1.[CH2-]C[CH2-].[Cl-].[Cl-].[Ti+2]. The predicted molar refractivity (Wildman–Crippen MR) is 234 cm³/mol. The minimum atomic E-state index is 0. The molecule has 0 bridgehead atoms. The van der Waals surface area contributed by atoms with E-state index < -0.39 is 0 Å². The molecule has 2 aliphatic rings. The predicted octanol–water partition coefficient (Wildman–Crippen LogP) is 10.2. The zero-order valence-electron chi connectivity index (χ0n) is 35.0. The second-order valence-electron chi connectivity index (χ2n) is 17.9. The van der Waals surface area contributed by atoms with E-state index in [0.717, 1.165) is 18.3 Å². The Morgan fingerprint density at radius 3 is 1.12 bits per heavy atom. The normalized spacial score (nSPS) is 15.0. The number of hydrogen-bond donors (Lipinski definition) is 0. The van der Waals surface area contributed by atoms with Gasteiger partial charge in [0.1, 0.15) is 0 Å². The molecule has 0 spiro atoms. The molecule has 8 rings (SSSR count). The van der Waals surface area contributed by atoms with Crippen LogP contribution in [0.15, 0.2) is 109 Å². The van der Waals surface area contributed by atoms with Gasteiger partial charge in [-0.2, -0.15) is 12.1 Å². The molecule has 0 radical (unpaired) electrons. The van der Waals surface area contributed by atoms with E-state index in [4.69, 9.17) is 0 Å². The van der Waals surface area contributed by atoms with E-state index in [-0.39, 0.29) is 57.4 Å². The van der Waals surface area contributed by atoms with Gasteiger partial charge in [0, 0.05) is 0 Å². The van der Waals surface area contributed by atoms with Crippen molar-refractivity contribution < 1.29 is 46.5 Å². The Balaban J connectivity index is 0.000000267. The summed E-state index contributed by atoms with van der Waals surface area (Å²) in [5.41, 5.74) is 11.8. The average molecular weight is 820 g/mol. The topological polar surface area (TPSA) is 0 Å². The molecule has 2 aliphatic carbocycles. The van der Waals surface area contributed by atoms with Crippen molar-refractivity contribution in [3.8, 4) is 22.3 Å². The molecule has 298 valence electrons. The van der Waals surface area contributed by atoms with Crippen LogP contribution in [-0.2, 0) is 32.5 Å². The van der Waals surface area contributed by atoms with Gasteiger partial charge in [0.15, 0.2) is 0 Å². The molecule has 0 amide bonds. The molecule has 0 nitrogen and oxygen atoms in total. The van der Waals surface area contributed by atoms with Gasteiger partial charge < -0.3 is 45.1 Å². The fourth-order valence-corrected chi connectivity index (χ4v) is 8.66. The number of fused-ring (bicyclic) bond motifs is 2. The summed E-state index contributed by atoms with van der Waals surface area (Å²) in [7, 11) is 0. The van der Waals surface area contributed by atoms with Crippen LogP contribution in [0.1, 0.15) is 146 Å². The molecule has 6 aromatic rings. The third-order valence-electron chi connectivity index (χ3n) is 11.8. The number of halogens is 2. The Kier molecular flexibility index (Phi) is 18.3. The first-order chi connectivity index (χ1) is 25.5. The molecular weight excluding hydrogens is 755 g/mol. The minimum Gasteiger partial charge on any atom is -1.00 e. The van der Waals surface area contributed by atoms with Crippen LogP contribution in [0, 0.1) is 13.8 Å². The Morgan fingerprint density at radius 2 is 0.821 bits per heavy atom. The van der Waals surface area contributed by atoms with Gasteiger partial charge >= 0.3 is 21.7 Å². The molecule has 56 heavy (non-hydrogen) atoms. The van der Waals surface area contributed by atoms with Crippen molar-refractivity contribution in [3.05, 3.63) is 145 Å². The van der Waals surface area contributed by atoms with Crippen LogP contribution in [0.5, 0.6) is 0 Å². The maximum absolute atomic E-state index is 3.38. The van der Waals surface area contributed by atoms with Crippen LogP contribution in [0.2, 0.25) is 0 Å². The van der Waals surface area contributed by atoms with Crippen LogP contribution in [0.3, 0.4) is 0 Å². The van der Waals surface area contributed by atoms with Crippen molar-refractivity contribution in [1.29, 1.82) is 0 Å². The van der Waals surface area contributed by atoms with Crippen LogP contribution in [0.25, 0.3) is 43.8 Å². The minimum absolute atomic E-state index is 0. The fraction of sp³-hybridized carbons (Fsp3) is 0.396. The molecule has 0 N–H and O–H groups in total. The molecule has 0 heterocycles. The molecule has 0 aromatic heterocycles. The third-order valence-corrected chi connectivity index (χ3v) is 11.8. The molecule has 0 unspecified atom stereocenters. The van der Waals surface area contributed by atoms with Gasteiger partial charge in [-0.1, -0.05) is 152 Å². The molecular formula is C53H64Cl2Ti-4. The monoisotopic (exact) mass is 818 g/mol. The van der Waals surface area contributed by atoms with E-state index in [1.54, 1.807) is 11.1 Å². The molecule has 2 saturated carbocycles. The first-order valence-electron chi connectivity index (χ1n) is 20.7. The van der Waals surface area contributed by atoms with Gasteiger partial charge in [-0.25, -0.2) is 0 Å². The standard InChI is InChI=1S/2C25H29.C3H6.2ClH.Ti/c2*1-25(2,3)22-14-12-19(13-15-22)23-11-7-10-20-16-21(17-24(20)23)18-8-5-4-6-9-18;1-3-2;;;/h2*7,10-18H,4-6,8-9H2,1-3H3;1-3H2;2*1H;/q2*-1;-2;;;+2/p-2. The number of benzene rings is 4. The summed E-state index contributed by atoms with van der Waals surface area (Å²) < 4.78 is 0. The maximum atomic E-state index is 3.38. The number of rotatable bonds is 4. The quantitative estimate of drug-likeness (QED) is 0.123. The summed E-state index contributed by atoms with van der Waals surface area (Å²) in [6.45, 7) is 20.4. The largest absolute Gasteiger partial charge is 2.00 e. The van der Waals surface area contributed by atoms with Gasteiger partial charge in [0.2, 0.25) is 0 Å². The van der Waals surface area contributed by atoms with E-state index >= 15 is 0 Å². The van der Waals surface area contributed by atoms with Crippen LogP contribution in [0.4, 0.5) is 0 Å². The molecule has 6 aromatic carbocycles. The van der Waals surface area contributed by atoms with Crippen molar-refractivity contribution in [2.24, 2.45) is 0 Å². The molecule has 0 atom stereocenters. The molecule has 3 heteroatoms. The summed E-state index contributed by atoms with van der Waals surface area (Å²) in [5, 5.41) is 5.65. The first-order valence-corrected chi connectivity index (χ1v) is 20.7. The van der Waals surface area contributed by atoms with Crippen LogP contribution in [-0.4, -0.2) is 0 Å². The van der Waals surface area contributed by atoms with Crippen LogP contribution >= 0.6 is 0 Å². The van der Waals surface area contributed by atoms with E-state index in [0.29, 0.717) is 0 Å².